The number of hydrogen-bond donors (Lipinski definition) is 1. The Kier molecular flexibility index (Phi) is 5.80. The molecular formula is C15H27N5O2S. The van der Waals surface area contributed by atoms with E-state index in [1.807, 2.05) is 39.0 Å². The lowest BCUT2D eigenvalue weighted by Gasteiger charge is -2.25. The van der Waals surface area contributed by atoms with Crippen molar-refractivity contribution in [3.05, 3.63) is 11.8 Å². The van der Waals surface area contributed by atoms with Gasteiger partial charge in [-0.2, -0.15) is 4.98 Å². The van der Waals surface area contributed by atoms with Crippen molar-refractivity contribution in [3.8, 4) is 0 Å². The molecule has 1 aromatic rings. The summed E-state index contributed by atoms with van der Waals surface area (Å²) < 4.78 is 23.3. The van der Waals surface area contributed by atoms with E-state index in [-0.39, 0.29) is 17.5 Å². The average molecular weight is 341 g/mol. The van der Waals surface area contributed by atoms with Gasteiger partial charge in [0.2, 0.25) is 5.95 Å². The van der Waals surface area contributed by atoms with Crippen molar-refractivity contribution in [1.82, 2.24) is 14.9 Å². The van der Waals surface area contributed by atoms with Gasteiger partial charge in [0.25, 0.3) is 0 Å². The molecule has 1 atom stereocenters. The van der Waals surface area contributed by atoms with E-state index >= 15 is 0 Å². The summed E-state index contributed by atoms with van der Waals surface area (Å²) in [6.45, 7) is 3.74. The monoisotopic (exact) mass is 341 g/mol. The van der Waals surface area contributed by atoms with E-state index in [1.165, 1.54) is 0 Å². The molecule has 0 spiro atoms. The van der Waals surface area contributed by atoms with Gasteiger partial charge in [0.1, 0.15) is 5.82 Å². The number of nitrogens with zero attached hydrogens (tertiary/aromatic N) is 4. The normalized spacial score (nSPS) is 20.0. The van der Waals surface area contributed by atoms with Crippen molar-refractivity contribution in [2.45, 2.75) is 25.8 Å². The average Bonchev–Trinajstić information content (AvgIpc) is 2.82. The topological polar surface area (TPSA) is 78.4 Å². The smallest absolute Gasteiger partial charge is 0.224 e. The second-order valence-corrected chi connectivity index (χ2v) is 8.67. The van der Waals surface area contributed by atoms with E-state index in [0.717, 1.165) is 31.0 Å². The highest BCUT2D eigenvalue weighted by molar-refractivity contribution is 7.91. The largest absolute Gasteiger partial charge is 0.355 e. The Bertz CT molecular complexity index is 633. The fraction of sp³-hybridized carbons (Fsp3) is 0.733. The standard InChI is InChI=1S/C15H27N5O2S/c1-12-10-14(20(4)13-6-9-23(21,22)11-13)18-15(17-12)16-7-5-8-19(2)3/h10,13H,5-9,11H2,1-4H3,(H,16,17,18). The highest BCUT2D eigenvalue weighted by atomic mass is 32.2. The van der Waals surface area contributed by atoms with Gasteiger partial charge in [0, 0.05) is 31.4 Å². The molecule has 0 amide bonds. The van der Waals surface area contributed by atoms with Crippen LogP contribution >= 0.6 is 0 Å². The van der Waals surface area contributed by atoms with Gasteiger partial charge in [0.15, 0.2) is 9.84 Å². The maximum absolute atomic E-state index is 11.7. The first-order valence-corrected chi connectivity index (χ1v) is 9.76. The summed E-state index contributed by atoms with van der Waals surface area (Å²) in [5.41, 5.74) is 0.873. The molecule has 1 saturated heterocycles. The summed E-state index contributed by atoms with van der Waals surface area (Å²) in [7, 11) is 3.10. The first-order valence-electron chi connectivity index (χ1n) is 7.94. The molecule has 1 unspecified atom stereocenters. The third-order valence-electron chi connectivity index (χ3n) is 4.02. The molecule has 1 N–H and O–H groups in total. The van der Waals surface area contributed by atoms with Crippen LogP contribution in [0, 0.1) is 6.92 Å². The minimum atomic E-state index is -2.90. The molecular weight excluding hydrogens is 314 g/mol. The van der Waals surface area contributed by atoms with E-state index in [4.69, 9.17) is 0 Å². The third kappa shape index (κ3) is 5.31. The zero-order valence-electron chi connectivity index (χ0n) is 14.4. The van der Waals surface area contributed by atoms with Gasteiger partial charge in [-0.3, -0.25) is 0 Å². The van der Waals surface area contributed by atoms with Crippen molar-refractivity contribution in [2.24, 2.45) is 0 Å². The van der Waals surface area contributed by atoms with Crippen LogP contribution in [0.15, 0.2) is 6.07 Å². The second-order valence-electron chi connectivity index (χ2n) is 6.44. The predicted molar refractivity (Wildman–Crippen MR) is 93.9 cm³/mol. The van der Waals surface area contributed by atoms with Crippen molar-refractivity contribution in [2.75, 3.05) is 56.0 Å². The maximum Gasteiger partial charge on any atom is 0.224 e. The fourth-order valence-electron chi connectivity index (χ4n) is 2.68. The molecule has 1 aliphatic rings. The lowest BCUT2D eigenvalue weighted by Crippen LogP contribution is -2.33. The number of aromatic nitrogens is 2. The van der Waals surface area contributed by atoms with Gasteiger partial charge < -0.3 is 15.1 Å². The molecule has 7 nitrogen and oxygen atoms in total. The van der Waals surface area contributed by atoms with E-state index in [9.17, 15) is 8.42 Å². The molecule has 2 rings (SSSR count). The molecule has 0 aliphatic carbocycles. The second kappa shape index (κ2) is 7.44. The van der Waals surface area contributed by atoms with Crippen LogP contribution in [-0.2, 0) is 9.84 Å². The lowest BCUT2D eigenvalue weighted by molar-refractivity contribution is 0.405. The molecule has 0 radical (unpaired) electrons. The fourth-order valence-corrected chi connectivity index (χ4v) is 4.45. The summed E-state index contributed by atoms with van der Waals surface area (Å²) in [6, 6.07) is 1.89. The summed E-state index contributed by atoms with van der Waals surface area (Å²) in [5, 5.41) is 3.25. The van der Waals surface area contributed by atoms with Crippen LogP contribution in [0.4, 0.5) is 11.8 Å². The number of nitrogens with one attached hydrogen (secondary N) is 1. The molecule has 23 heavy (non-hydrogen) atoms. The molecule has 1 fully saturated rings. The Hall–Kier alpha value is -1.41. The first-order chi connectivity index (χ1) is 10.8. The van der Waals surface area contributed by atoms with Crippen LogP contribution < -0.4 is 10.2 Å². The van der Waals surface area contributed by atoms with Gasteiger partial charge in [-0.05, 0) is 40.4 Å². The van der Waals surface area contributed by atoms with Crippen LogP contribution in [0.2, 0.25) is 0 Å². The van der Waals surface area contributed by atoms with Crippen LogP contribution in [0.25, 0.3) is 0 Å². The van der Waals surface area contributed by atoms with Crippen LogP contribution in [0.1, 0.15) is 18.5 Å². The van der Waals surface area contributed by atoms with Crippen molar-refractivity contribution < 1.29 is 8.42 Å². The molecule has 1 aromatic heterocycles. The minimum absolute atomic E-state index is 0.00380. The van der Waals surface area contributed by atoms with Gasteiger partial charge >= 0.3 is 0 Å². The predicted octanol–water partition coefficient (Wildman–Crippen LogP) is 0.772. The summed E-state index contributed by atoms with van der Waals surface area (Å²) >= 11 is 0. The highest BCUT2D eigenvalue weighted by Crippen LogP contribution is 2.22. The summed E-state index contributed by atoms with van der Waals surface area (Å²) in [6.07, 6.45) is 1.67. The summed E-state index contributed by atoms with van der Waals surface area (Å²) in [5.74, 6) is 1.85. The highest BCUT2D eigenvalue weighted by Gasteiger charge is 2.31. The first kappa shape index (κ1) is 17.9. The van der Waals surface area contributed by atoms with Gasteiger partial charge in [-0.1, -0.05) is 0 Å². The molecule has 0 saturated carbocycles. The van der Waals surface area contributed by atoms with Crippen molar-refractivity contribution in [1.29, 1.82) is 0 Å². The number of anilines is 2. The van der Waals surface area contributed by atoms with Gasteiger partial charge in [-0.15, -0.1) is 0 Å². The Morgan fingerprint density at radius 2 is 2.04 bits per heavy atom. The maximum atomic E-state index is 11.7. The molecule has 1 aliphatic heterocycles. The van der Waals surface area contributed by atoms with Crippen molar-refractivity contribution >= 4 is 21.6 Å². The Morgan fingerprint density at radius 3 is 2.65 bits per heavy atom. The molecule has 0 aromatic carbocycles. The van der Waals surface area contributed by atoms with Crippen molar-refractivity contribution in [3.63, 3.8) is 0 Å². The lowest BCUT2D eigenvalue weighted by atomic mass is 10.2. The number of hydrogen-bond acceptors (Lipinski definition) is 7. The molecule has 130 valence electrons. The minimum Gasteiger partial charge on any atom is -0.355 e. The Morgan fingerprint density at radius 1 is 1.30 bits per heavy atom. The molecule has 8 heteroatoms. The van der Waals surface area contributed by atoms with E-state index in [2.05, 4.69) is 20.2 Å². The van der Waals surface area contributed by atoms with Crippen LogP contribution in [0.5, 0.6) is 0 Å². The van der Waals surface area contributed by atoms with Crippen LogP contribution in [0.3, 0.4) is 0 Å². The SMILES string of the molecule is Cc1cc(N(C)C2CCS(=O)(=O)C2)nc(NCCCN(C)C)n1. The number of rotatable bonds is 7. The number of sulfone groups is 1. The number of aryl methyl sites for hydroxylation is 1. The van der Waals surface area contributed by atoms with Gasteiger partial charge in [-0.25, -0.2) is 13.4 Å². The van der Waals surface area contributed by atoms with E-state index < -0.39 is 9.84 Å². The Balaban J connectivity index is 2.02. The molecule has 0 bridgehead atoms. The van der Waals surface area contributed by atoms with E-state index in [1.54, 1.807) is 0 Å². The Labute approximate surface area is 139 Å². The van der Waals surface area contributed by atoms with Gasteiger partial charge in [0.05, 0.1) is 11.5 Å². The van der Waals surface area contributed by atoms with Crippen LogP contribution in [-0.4, -0.2) is 75.1 Å². The van der Waals surface area contributed by atoms with E-state index in [0.29, 0.717) is 12.4 Å². The quantitative estimate of drug-likeness (QED) is 0.734. The zero-order valence-corrected chi connectivity index (χ0v) is 15.2. The zero-order chi connectivity index (χ0) is 17.0. The summed E-state index contributed by atoms with van der Waals surface area (Å²) in [4.78, 5) is 13.0. The third-order valence-corrected chi connectivity index (χ3v) is 5.77. The molecule has 2 heterocycles.